The van der Waals surface area contributed by atoms with Crippen LogP contribution in [0.25, 0.3) is 0 Å². The number of nitrogens with one attached hydrogen (secondary N) is 1. The summed E-state index contributed by atoms with van der Waals surface area (Å²) < 4.78 is 21.0. The first-order valence-electron chi connectivity index (χ1n) is 12.5. The normalized spacial score (nSPS) is 23.0. The minimum absolute atomic E-state index is 0.00697. The van der Waals surface area contributed by atoms with Crippen molar-refractivity contribution >= 4 is 29.0 Å². The third kappa shape index (κ3) is 3.10. The van der Waals surface area contributed by atoms with Gasteiger partial charge < -0.3 is 19.5 Å². The molecule has 0 amide bonds. The minimum Gasteiger partial charge on any atom is -0.496 e. The summed E-state index contributed by atoms with van der Waals surface area (Å²) in [6.07, 6.45) is 3.46. The van der Waals surface area contributed by atoms with E-state index in [0.717, 1.165) is 4.57 Å². The molecule has 1 N–H and O–H groups in total. The fourth-order valence-electron chi connectivity index (χ4n) is 6.11. The van der Waals surface area contributed by atoms with Crippen LogP contribution in [0.1, 0.15) is 40.7 Å². The molecule has 0 bridgehead atoms. The Bertz CT molecular complexity index is 1820. The Balaban J connectivity index is 1.61. The Morgan fingerprint density at radius 3 is 2.40 bits per heavy atom. The van der Waals surface area contributed by atoms with E-state index in [9.17, 15) is 19.2 Å². The van der Waals surface area contributed by atoms with E-state index < -0.39 is 40.3 Å². The Morgan fingerprint density at radius 1 is 1.07 bits per heavy atom. The van der Waals surface area contributed by atoms with Crippen molar-refractivity contribution in [2.75, 3.05) is 19.5 Å². The Hall–Kier alpha value is -4.32. The summed E-state index contributed by atoms with van der Waals surface area (Å²) >= 11 is 6.57. The summed E-state index contributed by atoms with van der Waals surface area (Å²) in [5, 5.41) is 7.49. The van der Waals surface area contributed by atoms with Crippen molar-refractivity contribution in [3.05, 3.63) is 72.3 Å². The number of ether oxygens (including phenoxy) is 3. The molecular formula is C27H26ClN5O7. The Kier molecular flexibility index (Phi) is 5.57. The van der Waals surface area contributed by atoms with Crippen molar-refractivity contribution in [1.29, 1.82) is 0 Å². The molecule has 3 atom stereocenters. The number of aryl methyl sites for hydroxylation is 1. The topological polar surface area (TPSA) is 136 Å². The lowest BCUT2D eigenvalue weighted by atomic mass is 9.66. The lowest BCUT2D eigenvalue weighted by molar-refractivity contribution is -0.130. The highest BCUT2D eigenvalue weighted by molar-refractivity contribution is 6.36. The Labute approximate surface area is 232 Å². The molecule has 1 aliphatic carbocycles. The zero-order chi connectivity index (χ0) is 28.8. The summed E-state index contributed by atoms with van der Waals surface area (Å²) in [7, 11) is 7.46. The number of carbonyl (C=O) groups is 2. The van der Waals surface area contributed by atoms with Gasteiger partial charge in [0.15, 0.2) is 5.75 Å². The molecule has 40 heavy (non-hydrogen) atoms. The quantitative estimate of drug-likeness (QED) is 0.471. The van der Waals surface area contributed by atoms with Crippen LogP contribution in [0.5, 0.6) is 17.2 Å². The molecule has 0 saturated heterocycles. The maximum absolute atomic E-state index is 14.7. The van der Waals surface area contributed by atoms with Gasteiger partial charge in [-0.1, -0.05) is 18.5 Å². The molecule has 3 aliphatic rings. The standard InChI is InChI=1S/C27H26ClN5O7/c1-11-7-13-17(22(34)27(11)23(35)18-14(38-5)8-15(39-6)20(28)21(18)40-27)16(12-9-29-31(2)10-12)19-24(30-13)32(3)26(37)33(4)25(19)36/h8-11,16,30H,7H2,1-6H3/t11-,16?,27+/m1/s1. The molecule has 13 heteroatoms. The van der Waals surface area contributed by atoms with Crippen LogP contribution in [-0.4, -0.2) is 50.3 Å². The van der Waals surface area contributed by atoms with Gasteiger partial charge in [-0.05, 0) is 6.42 Å². The van der Waals surface area contributed by atoms with Crippen LogP contribution >= 0.6 is 11.6 Å². The molecule has 0 radical (unpaired) electrons. The van der Waals surface area contributed by atoms with E-state index in [0.29, 0.717) is 11.3 Å². The highest BCUT2D eigenvalue weighted by Gasteiger charge is 2.63. The van der Waals surface area contributed by atoms with Crippen molar-refractivity contribution in [2.24, 2.45) is 27.1 Å². The van der Waals surface area contributed by atoms with Crippen molar-refractivity contribution in [3.8, 4) is 17.2 Å². The van der Waals surface area contributed by atoms with Gasteiger partial charge in [-0.2, -0.15) is 5.10 Å². The van der Waals surface area contributed by atoms with Crippen LogP contribution in [0, 0.1) is 5.92 Å². The third-order valence-corrected chi connectivity index (χ3v) is 8.49. The highest BCUT2D eigenvalue weighted by atomic mass is 35.5. The van der Waals surface area contributed by atoms with Crippen molar-refractivity contribution in [2.45, 2.75) is 24.9 Å². The number of ketones is 2. The van der Waals surface area contributed by atoms with E-state index in [2.05, 4.69) is 10.4 Å². The molecule has 0 saturated carbocycles. The predicted octanol–water partition coefficient (Wildman–Crippen LogP) is 1.92. The first-order chi connectivity index (χ1) is 19.0. The third-order valence-electron chi connectivity index (χ3n) is 8.13. The van der Waals surface area contributed by atoms with Gasteiger partial charge in [0.2, 0.25) is 17.2 Å². The number of aromatic nitrogens is 4. The number of hydrogen-bond donors (Lipinski definition) is 1. The lowest BCUT2D eigenvalue weighted by Gasteiger charge is -2.42. The molecule has 2 aromatic heterocycles. The van der Waals surface area contributed by atoms with E-state index in [1.165, 1.54) is 31.9 Å². The maximum Gasteiger partial charge on any atom is 0.332 e. The van der Waals surface area contributed by atoms with Crippen LogP contribution in [0.4, 0.5) is 5.82 Å². The molecular weight excluding hydrogens is 542 g/mol. The van der Waals surface area contributed by atoms with Gasteiger partial charge >= 0.3 is 5.69 Å². The highest BCUT2D eigenvalue weighted by Crippen LogP contribution is 2.56. The fraction of sp³-hybridized carbons (Fsp3) is 0.370. The zero-order valence-electron chi connectivity index (χ0n) is 22.6. The van der Waals surface area contributed by atoms with Crippen LogP contribution in [0.15, 0.2) is 39.3 Å². The van der Waals surface area contributed by atoms with Gasteiger partial charge in [-0.25, -0.2) is 4.79 Å². The van der Waals surface area contributed by atoms with Crippen LogP contribution in [-0.2, 0) is 25.9 Å². The number of hydrogen-bond acceptors (Lipinski definition) is 9. The summed E-state index contributed by atoms with van der Waals surface area (Å²) in [6.45, 7) is 1.74. The second-order valence-corrected chi connectivity index (χ2v) is 10.6. The Morgan fingerprint density at radius 2 is 1.77 bits per heavy atom. The molecule has 1 aromatic carbocycles. The fourth-order valence-corrected chi connectivity index (χ4v) is 6.38. The van der Waals surface area contributed by atoms with Crippen molar-refractivity contribution in [1.82, 2.24) is 18.9 Å². The van der Waals surface area contributed by atoms with E-state index in [-0.39, 0.29) is 51.2 Å². The second kappa shape index (κ2) is 8.59. The molecule has 208 valence electrons. The summed E-state index contributed by atoms with van der Waals surface area (Å²) in [5.74, 6) is -2.09. The number of carbonyl (C=O) groups excluding carboxylic acids is 2. The summed E-state index contributed by atoms with van der Waals surface area (Å²) in [5.41, 5.74) is -1.57. The van der Waals surface area contributed by atoms with Gasteiger partial charge in [-0.15, -0.1) is 0 Å². The molecule has 12 nitrogen and oxygen atoms in total. The van der Waals surface area contributed by atoms with Gasteiger partial charge in [0.05, 0.1) is 31.9 Å². The van der Waals surface area contributed by atoms with Crippen molar-refractivity contribution < 1.29 is 23.8 Å². The lowest BCUT2D eigenvalue weighted by Crippen LogP contribution is -2.58. The molecule has 1 unspecified atom stereocenters. The molecule has 0 fully saturated rings. The molecule has 4 heterocycles. The summed E-state index contributed by atoms with van der Waals surface area (Å²) in [6, 6.07) is 1.48. The number of Topliss-reactive ketones (excluding diaryl/α,β-unsaturated/α-hetero) is 2. The number of allylic oxidation sites excluding steroid dienone is 1. The minimum atomic E-state index is -1.96. The number of fused-ring (bicyclic) bond motifs is 2. The van der Waals surface area contributed by atoms with Crippen LogP contribution < -0.4 is 30.8 Å². The van der Waals surface area contributed by atoms with Crippen LogP contribution in [0.2, 0.25) is 5.02 Å². The average molecular weight is 568 g/mol. The van der Waals surface area contributed by atoms with Crippen LogP contribution in [0.3, 0.4) is 0 Å². The number of nitrogens with zero attached hydrogens (tertiary/aromatic N) is 4. The van der Waals surface area contributed by atoms with Gasteiger partial charge in [0.25, 0.3) is 5.56 Å². The number of anilines is 1. The predicted molar refractivity (Wildman–Crippen MR) is 144 cm³/mol. The van der Waals surface area contributed by atoms with E-state index in [4.69, 9.17) is 25.8 Å². The largest absolute Gasteiger partial charge is 0.496 e. The maximum atomic E-state index is 14.7. The second-order valence-electron chi connectivity index (χ2n) is 10.3. The molecule has 1 spiro atoms. The van der Waals surface area contributed by atoms with E-state index >= 15 is 0 Å². The van der Waals surface area contributed by atoms with Gasteiger partial charge in [0.1, 0.15) is 27.9 Å². The number of benzene rings is 1. The number of halogens is 1. The number of methoxy groups -OCH3 is 2. The average Bonchev–Trinajstić information content (AvgIpc) is 3.51. The first kappa shape index (κ1) is 25.9. The van der Waals surface area contributed by atoms with E-state index in [1.807, 2.05) is 0 Å². The summed E-state index contributed by atoms with van der Waals surface area (Å²) in [4.78, 5) is 55.3. The molecule has 6 rings (SSSR count). The smallest absolute Gasteiger partial charge is 0.332 e. The van der Waals surface area contributed by atoms with E-state index in [1.54, 1.807) is 38.1 Å². The number of rotatable bonds is 3. The molecule has 2 aliphatic heterocycles. The van der Waals surface area contributed by atoms with Crippen molar-refractivity contribution in [3.63, 3.8) is 0 Å². The van der Waals surface area contributed by atoms with Gasteiger partial charge in [0, 0.05) is 56.2 Å². The monoisotopic (exact) mass is 567 g/mol. The SMILES string of the molecule is COc1cc(OC)c2c(c1Cl)O[C@@]1(C(=O)C3=C(C[C@H]1C)Nc1c(c(=O)n(C)c(=O)n1C)C3c1cnn(C)c1)C2=O. The molecule has 3 aromatic rings. The zero-order valence-corrected chi connectivity index (χ0v) is 23.4. The van der Waals surface area contributed by atoms with Gasteiger partial charge in [-0.3, -0.25) is 28.2 Å². The first-order valence-corrected chi connectivity index (χ1v) is 12.9.